The van der Waals surface area contributed by atoms with Crippen molar-refractivity contribution in [1.29, 1.82) is 0 Å². The molecule has 0 bridgehead atoms. The number of hydrogen-bond donors (Lipinski definition) is 1. The van der Waals surface area contributed by atoms with Gasteiger partial charge in [0.15, 0.2) is 0 Å². The number of aromatic nitrogens is 1. The zero-order valence-electron chi connectivity index (χ0n) is 15.3. The van der Waals surface area contributed by atoms with Crippen LogP contribution in [0.1, 0.15) is 5.56 Å². The monoisotopic (exact) mass is 374 g/mol. The molecule has 0 unspecified atom stereocenters. The van der Waals surface area contributed by atoms with E-state index < -0.39 is 11.2 Å². The number of urea groups is 1. The van der Waals surface area contributed by atoms with E-state index in [1.165, 1.54) is 12.3 Å². The largest absolute Gasteiger partial charge is 0.516 e. The van der Waals surface area contributed by atoms with Gasteiger partial charge in [0.25, 0.3) is 0 Å². The summed E-state index contributed by atoms with van der Waals surface area (Å²) >= 11 is 0. The predicted molar refractivity (Wildman–Crippen MR) is 107 cm³/mol. The first-order valence-corrected chi connectivity index (χ1v) is 8.84. The highest BCUT2D eigenvalue weighted by Crippen LogP contribution is 2.17. The van der Waals surface area contributed by atoms with Gasteiger partial charge in [0.05, 0.1) is 0 Å². The molecule has 0 saturated carbocycles. The third kappa shape index (κ3) is 5.68. The molecule has 1 N–H and O–H groups in total. The number of halogens is 1. The number of carbonyl (C=O) groups is 1. The molecule has 2 aromatic rings. The molecule has 6 radical (unpaired) electrons. The Morgan fingerprint density at radius 2 is 1.93 bits per heavy atom. The van der Waals surface area contributed by atoms with Crippen LogP contribution in [0.5, 0.6) is 5.75 Å². The molecule has 138 valence electrons. The Bertz CT molecular complexity index is 826. The van der Waals surface area contributed by atoms with E-state index in [4.69, 9.17) is 28.3 Å². The third-order valence-electron chi connectivity index (χ3n) is 4.28. The van der Waals surface area contributed by atoms with Crippen LogP contribution >= 0.6 is 0 Å². The highest BCUT2D eigenvalue weighted by Gasteiger charge is 2.21. The Labute approximate surface area is 167 Å². The molecule has 0 aliphatic carbocycles. The van der Waals surface area contributed by atoms with E-state index in [1.807, 2.05) is 11.0 Å². The Kier molecular flexibility index (Phi) is 6.16. The lowest BCUT2D eigenvalue weighted by Gasteiger charge is -2.36. The van der Waals surface area contributed by atoms with Gasteiger partial charge in [-0.05, 0) is 29.1 Å². The number of carbonyl (C=O) groups excluding carboxylic acids is 1. The van der Waals surface area contributed by atoms with Gasteiger partial charge in [-0.3, -0.25) is 0 Å². The lowest BCUT2D eigenvalue weighted by atomic mass is 9.52. The van der Waals surface area contributed by atoms with Crippen molar-refractivity contribution in [2.45, 2.75) is 11.8 Å². The normalized spacial score (nSPS) is 14.6. The Morgan fingerprint density at radius 3 is 2.61 bits per heavy atom. The number of anilines is 1. The number of nitrogens with one attached hydrogen (secondary N) is 1. The number of piperazine rings is 1. The van der Waals surface area contributed by atoms with E-state index in [1.54, 1.807) is 29.2 Å². The minimum atomic E-state index is -1.76. The Hall–Kier alpha value is -2.64. The Balaban J connectivity index is 1.49. The van der Waals surface area contributed by atoms with Crippen molar-refractivity contribution in [2.24, 2.45) is 0 Å². The average Bonchev–Trinajstić information content (AvgIpc) is 2.65. The maximum Gasteiger partial charge on any atom is 0.317 e. The molecule has 10 heteroatoms. The number of hydrogen-bond acceptors (Lipinski definition) is 4. The van der Waals surface area contributed by atoms with E-state index in [0.717, 1.165) is 11.3 Å². The first kappa shape index (κ1) is 20.1. The summed E-state index contributed by atoms with van der Waals surface area (Å²) in [6, 6.07) is 9.96. The SMILES string of the molecule is [B]C([B])([B])Oc1cccc(CNC(=O)N2CCN(c3ccnc(F)c3)CC2)c1. The number of rotatable bonds is 5. The molecule has 3 rings (SSSR count). The molecule has 6 nitrogen and oxygen atoms in total. The molecule has 1 aromatic carbocycles. The predicted octanol–water partition coefficient (Wildman–Crippen LogP) is 0.748. The second kappa shape index (κ2) is 8.58. The van der Waals surface area contributed by atoms with Crippen molar-refractivity contribution < 1.29 is 13.9 Å². The van der Waals surface area contributed by atoms with Crippen LogP contribution in [0.15, 0.2) is 42.6 Å². The van der Waals surface area contributed by atoms with Crippen molar-refractivity contribution in [1.82, 2.24) is 15.2 Å². The van der Waals surface area contributed by atoms with Gasteiger partial charge in [-0.25, -0.2) is 9.78 Å². The minimum Gasteiger partial charge on any atom is -0.516 e. The zero-order chi connectivity index (χ0) is 20.1. The quantitative estimate of drug-likeness (QED) is 0.620. The molecule has 0 atom stereocenters. The molecule has 28 heavy (non-hydrogen) atoms. The van der Waals surface area contributed by atoms with E-state index in [9.17, 15) is 9.18 Å². The fraction of sp³-hybridized carbons (Fsp3) is 0.333. The van der Waals surface area contributed by atoms with E-state index in [2.05, 4.69) is 10.3 Å². The first-order chi connectivity index (χ1) is 13.3. The van der Waals surface area contributed by atoms with Crippen LogP contribution in [0, 0.1) is 5.95 Å². The average molecular weight is 374 g/mol. The summed E-state index contributed by atoms with van der Waals surface area (Å²) in [7, 11) is 16.3. The second-order valence-electron chi connectivity index (χ2n) is 6.57. The van der Waals surface area contributed by atoms with Gasteiger partial charge in [0.2, 0.25) is 5.95 Å². The summed E-state index contributed by atoms with van der Waals surface area (Å²) in [6.45, 7) is 2.63. The number of amides is 2. The second-order valence-corrected chi connectivity index (χ2v) is 6.57. The molecular weight excluding hydrogens is 356 g/mol. The van der Waals surface area contributed by atoms with Crippen molar-refractivity contribution in [3.05, 3.63) is 54.1 Å². The lowest BCUT2D eigenvalue weighted by molar-refractivity contribution is 0.194. The van der Waals surface area contributed by atoms with Crippen LogP contribution in [0.2, 0.25) is 0 Å². The third-order valence-corrected chi connectivity index (χ3v) is 4.28. The van der Waals surface area contributed by atoms with Crippen molar-refractivity contribution in [3.8, 4) is 5.75 Å². The van der Waals surface area contributed by atoms with Gasteiger partial charge in [-0.15, -0.1) is 0 Å². The van der Waals surface area contributed by atoms with Gasteiger partial charge >= 0.3 is 6.03 Å². The van der Waals surface area contributed by atoms with Crippen molar-refractivity contribution >= 4 is 35.3 Å². The smallest absolute Gasteiger partial charge is 0.317 e. The molecular formula is C18H18B3FN4O2. The van der Waals surface area contributed by atoms with Gasteiger partial charge < -0.3 is 19.9 Å². The van der Waals surface area contributed by atoms with Crippen LogP contribution in [-0.2, 0) is 6.54 Å². The standard InChI is InChI=1S/C18H18B3FN4O2/c19-18(20,21)28-15-3-1-2-13(10-15)12-24-17(27)26-8-6-25(7-9-26)14-4-5-23-16(22)11-14/h1-5,10-11H,6-9,12H2,(H,24,27). The summed E-state index contributed by atoms with van der Waals surface area (Å²) in [5.41, 5.74) is 1.58. The van der Waals surface area contributed by atoms with Crippen molar-refractivity contribution in [3.63, 3.8) is 0 Å². The highest BCUT2D eigenvalue weighted by molar-refractivity contribution is 6.58. The summed E-state index contributed by atoms with van der Waals surface area (Å²) in [4.78, 5) is 19.7. The number of nitrogens with zero attached hydrogens (tertiary/aromatic N) is 3. The molecule has 2 heterocycles. The first-order valence-electron chi connectivity index (χ1n) is 8.84. The summed E-state index contributed by atoms with van der Waals surface area (Å²) in [5, 5.41) is 1.11. The van der Waals surface area contributed by atoms with Gasteiger partial charge in [-0.2, -0.15) is 4.39 Å². The molecule has 0 spiro atoms. The Morgan fingerprint density at radius 1 is 1.18 bits per heavy atom. The number of ether oxygens (including phenoxy) is 1. The van der Waals surface area contributed by atoms with Crippen LogP contribution < -0.4 is 15.0 Å². The van der Waals surface area contributed by atoms with Crippen LogP contribution in [-0.4, -0.2) is 70.9 Å². The lowest BCUT2D eigenvalue weighted by Crippen LogP contribution is -2.51. The van der Waals surface area contributed by atoms with E-state index >= 15 is 0 Å². The summed E-state index contributed by atoms with van der Waals surface area (Å²) < 4.78 is 18.5. The fourth-order valence-electron chi connectivity index (χ4n) is 2.97. The number of benzene rings is 1. The highest BCUT2D eigenvalue weighted by atomic mass is 19.1. The van der Waals surface area contributed by atoms with Crippen molar-refractivity contribution in [2.75, 3.05) is 31.1 Å². The van der Waals surface area contributed by atoms with E-state index in [-0.39, 0.29) is 6.03 Å². The van der Waals surface area contributed by atoms with Crippen LogP contribution in [0.3, 0.4) is 0 Å². The van der Waals surface area contributed by atoms with Gasteiger partial charge in [-0.1, -0.05) is 12.1 Å². The topological polar surface area (TPSA) is 57.7 Å². The minimum absolute atomic E-state index is 0.169. The zero-order valence-corrected chi connectivity index (χ0v) is 15.3. The molecule has 1 aliphatic rings. The molecule has 1 fully saturated rings. The summed E-state index contributed by atoms with van der Waals surface area (Å²) in [6.07, 6.45) is 1.44. The fourth-order valence-corrected chi connectivity index (χ4v) is 2.97. The molecule has 1 aromatic heterocycles. The van der Waals surface area contributed by atoms with E-state index in [0.29, 0.717) is 38.5 Å². The molecule has 1 aliphatic heterocycles. The van der Waals surface area contributed by atoms with Gasteiger partial charge in [0.1, 0.15) is 29.3 Å². The maximum absolute atomic E-state index is 13.3. The summed E-state index contributed by atoms with van der Waals surface area (Å²) in [5.74, 6) is -0.0996. The van der Waals surface area contributed by atoms with Gasteiger partial charge in [0, 0.05) is 50.7 Å². The maximum atomic E-state index is 13.3. The molecule has 2 amide bonds. The van der Waals surface area contributed by atoms with Crippen LogP contribution in [0.25, 0.3) is 0 Å². The van der Waals surface area contributed by atoms with Crippen LogP contribution in [0.4, 0.5) is 14.9 Å². The molecule has 1 saturated heterocycles. The number of pyridine rings is 1.